The van der Waals surface area contributed by atoms with E-state index >= 15 is 0 Å². The number of hydrogen-bond acceptors (Lipinski definition) is 1. The Bertz CT molecular complexity index is 2870. The molecule has 3 aliphatic rings. The average molecular weight is 680 g/mol. The van der Waals surface area contributed by atoms with Crippen molar-refractivity contribution < 1.29 is 0 Å². The summed E-state index contributed by atoms with van der Waals surface area (Å²) in [6.45, 7) is 9.61. The highest BCUT2D eigenvalue weighted by Crippen LogP contribution is 2.54. The number of benzene rings is 8. The minimum absolute atomic E-state index is 0.0747. The predicted molar refractivity (Wildman–Crippen MR) is 226 cm³/mol. The Labute approximate surface area is 311 Å². The van der Waals surface area contributed by atoms with E-state index in [9.17, 15) is 0 Å². The summed E-state index contributed by atoms with van der Waals surface area (Å²) in [7, 11) is 0. The van der Waals surface area contributed by atoms with E-state index in [0.29, 0.717) is 0 Å². The average Bonchev–Trinajstić information content (AvgIpc) is 3.55. The first-order valence-corrected chi connectivity index (χ1v) is 19.1. The molecular formula is C52H41N. The summed E-state index contributed by atoms with van der Waals surface area (Å²) in [5, 5.41) is 7.91. The van der Waals surface area contributed by atoms with Gasteiger partial charge >= 0.3 is 0 Å². The fourth-order valence-electron chi connectivity index (χ4n) is 10.2. The Morgan fingerprint density at radius 1 is 0.491 bits per heavy atom. The lowest BCUT2D eigenvalue weighted by Crippen LogP contribution is -2.33. The third kappa shape index (κ3) is 4.31. The summed E-state index contributed by atoms with van der Waals surface area (Å²) in [5.74, 6) is 0. The largest absolute Gasteiger partial charge is 0.334 e. The normalized spacial score (nSPS) is 17.0. The Morgan fingerprint density at radius 3 is 2.02 bits per heavy atom. The first-order valence-electron chi connectivity index (χ1n) is 19.1. The monoisotopic (exact) mass is 679 g/mol. The van der Waals surface area contributed by atoms with Crippen LogP contribution in [0.25, 0.3) is 60.6 Å². The molecule has 0 saturated heterocycles. The van der Waals surface area contributed by atoms with E-state index in [1.165, 1.54) is 99.3 Å². The Balaban J connectivity index is 1.01. The van der Waals surface area contributed by atoms with Crippen LogP contribution in [0, 0.1) is 0 Å². The maximum absolute atomic E-state index is 2.56. The Morgan fingerprint density at radius 2 is 1.19 bits per heavy atom. The molecule has 1 heteroatoms. The van der Waals surface area contributed by atoms with Gasteiger partial charge in [-0.25, -0.2) is 0 Å². The zero-order chi connectivity index (χ0) is 35.6. The van der Waals surface area contributed by atoms with Crippen molar-refractivity contribution in [2.24, 2.45) is 0 Å². The third-order valence-corrected chi connectivity index (χ3v) is 12.9. The van der Waals surface area contributed by atoms with Crippen LogP contribution in [0.4, 0.5) is 11.4 Å². The molecule has 0 spiro atoms. The quantitative estimate of drug-likeness (QED) is 0.180. The van der Waals surface area contributed by atoms with Crippen molar-refractivity contribution in [3.8, 4) is 22.3 Å². The van der Waals surface area contributed by atoms with Crippen molar-refractivity contribution >= 4 is 49.8 Å². The molecule has 1 atom stereocenters. The molecular weight excluding hydrogens is 639 g/mol. The van der Waals surface area contributed by atoms with Crippen molar-refractivity contribution in [3.05, 3.63) is 185 Å². The summed E-state index contributed by atoms with van der Waals surface area (Å²) in [4.78, 5) is 2.56. The molecule has 8 aromatic carbocycles. The topological polar surface area (TPSA) is 3.24 Å². The zero-order valence-corrected chi connectivity index (χ0v) is 30.7. The maximum Gasteiger partial charge on any atom is 0.0566 e. The van der Waals surface area contributed by atoms with E-state index < -0.39 is 0 Å². The standard InChI is InChI=1S/C52H41N/c1-51(2)46-25-21-32-12-8-10-16-41(32)49(46)45-29-35-19-23-40(27-37(35)31-48(45)51)53(38-14-6-5-7-15-38)39-22-18-34-28-44-43-24-20-33-13-9-11-17-42(33)50(43)52(3,4)47(44)30-36(34)26-39/h5-25,27-31,39H,26H2,1-4H3. The van der Waals surface area contributed by atoms with Crippen LogP contribution in [0.3, 0.4) is 0 Å². The first kappa shape index (κ1) is 30.7. The molecule has 0 N–H and O–H groups in total. The van der Waals surface area contributed by atoms with Crippen LogP contribution in [-0.4, -0.2) is 6.04 Å². The number of rotatable bonds is 3. The molecule has 0 bridgehead atoms. The predicted octanol–water partition coefficient (Wildman–Crippen LogP) is 13.5. The zero-order valence-electron chi connectivity index (χ0n) is 30.7. The van der Waals surface area contributed by atoms with Gasteiger partial charge in [-0.1, -0.05) is 143 Å². The number of hydrogen-bond donors (Lipinski definition) is 0. The SMILES string of the molecule is CC1(C)c2cc3cc(N(c4ccccc4)C4C=Cc5cc6c(cc5C4)C(C)(C)c4c-6ccc5ccccc45)ccc3cc2-c2c1ccc1ccccc21. The molecule has 53 heavy (non-hydrogen) atoms. The van der Waals surface area contributed by atoms with Crippen molar-refractivity contribution in [3.63, 3.8) is 0 Å². The summed E-state index contributed by atoms with van der Waals surface area (Å²) in [6, 6.07) is 55.2. The smallest absolute Gasteiger partial charge is 0.0566 e. The molecule has 11 rings (SSSR count). The minimum atomic E-state index is -0.0756. The van der Waals surface area contributed by atoms with E-state index in [0.717, 1.165) is 6.42 Å². The lowest BCUT2D eigenvalue weighted by atomic mass is 9.78. The second-order valence-corrected chi connectivity index (χ2v) is 16.5. The van der Waals surface area contributed by atoms with Crippen molar-refractivity contribution in [2.45, 2.75) is 51.0 Å². The van der Waals surface area contributed by atoms with Crippen LogP contribution in [-0.2, 0) is 17.3 Å². The maximum atomic E-state index is 2.56. The fourth-order valence-corrected chi connectivity index (χ4v) is 10.2. The lowest BCUT2D eigenvalue weighted by molar-refractivity contribution is 0.661. The van der Waals surface area contributed by atoms with Gasteiger partial charge in [0.05, 0.1) is 6.04 Å². The van der Waals surface area contributed by atoms with Gasteiger partial charge in [0.1, 0.15) is 0 Å². The van der Waals surface area contributed by atoms with Crippen LogP contribution in [0.15, 0.2) is 152 Å². The van der Waals surface area contributed by atoms with Crippen molar-refractivity contribution in [1.82, 2.24) is 0 Å². The molecule has 0 aliphatic heterocycles. The number of nitrogens with zero attached hydrogens (tertiary/aromatic N) is 1. The molecule has 0 radical (unpaired) electrons. The highest BCUT2D eigenvalue weighted by molar-refractivity contribution is 6.05. The minimum Gasteiger partial charge on any atom is -0.334 e. The van der Waals surface area contributed by atoms with Crippen LogP contribution in [0.2, 0.25) is 0 Å². The van der Waals surface area contributed by atoms with Gasteiger partial charge in [0.25, 0.3) is 0 Å². The van der Waals surface area contributed by atoms with E-state index in [-0.39, 0.29) is 16.9 Å². The summed E-state index contributed by atoms with van der Waals surface area (Å²) in [5.41, 5.74) is 16.3. The van der Waals surface area contributed by atoms with E-state index in [1.807, 2.05) is 0 Å². The van der Waals surface area contributed by atoms with Crippen LogP contribution < -0.4 is 4.90 Å². The van der Waals surface area contributed by atoms with Gasteiger partial charge in [-0.15, -0.1) is 0 Å². The molecule has 0 aromatic heterocycles. The van der Waals surface area contributed by atoms with E-state index in [1.54, 1.807) is 0 Å². The van der Waals surface area contributed by atoms with Gasteiger partial charge < -0.3 is 4.90 Å². The molecule has 1 unspecified atom stereocenters. The lowest BCUT2D eigenvalue weighted by Gasteiger charge is -2.35. The molecule has 3 aliphatic carbocycles. The highest BCUT2D eigenvalue weighted by atomic mass is 15.2. The van der Waals surface area contributed by atoms with Crippen LogP contribution >= 0.6 is 0 Å². The van der Waals surface area contributed by atoms with Crippen molar-refractivity contribution in [2.75, 3.05) is 4.90 Å². The summed E-state index contributed by atoms with van der Waals surface area (Å²) in [6.07, 6.45) is 5.75. The van der Waals surface area contributed by atoms with Crippen molar-refractivity contribution in [1.29, 1.82) is 0 Å². The van der Waals surface area contributed by atoms with E-state index in [4.69, 9.17) is 0 Å². The molecule has 0 fully saturated rings. The van der Waals surface area contributed by atoms with Gasteiger partial charge in [0, 0.05) is 22.2 Å². The van der Waals surface area contributed by atoms with Gasteiger partial charge in [0.2, 0.25) is 0 Å². The molecule has 8 aromatic rings. The van der Waals surface area contributed by atoms with Gasteiger partial charge in [-0.05, 0) is 137 Å². The molecule has 0 heterocycles. The molecule has 254 valence electrons. The van der Waals surface area contributed by atoms with Gasteiger partial charge in [0.15, 0.2) is 0 Å². The Kier molecular flexibility index (Phi) is 6.26. The van der Waals surface area contributed by atoms with Gasteiger partial charge in [-0.2, -0.15) is 0 Å². The third-order valence-electron chi connectivity index (χ3n) is 12.9. The second-order valence-electron chi connectivity index (χ2n) is 16.5. The fraction of sp³-hybridized carbons (Fsp3) is 0.154. The molecule has 0 saturated carbocycles. The Hall–Kier alpha value is -5.92. The number of para-hydroxylation sites is 1. The second kappa shape index (κ2) is 10.8. The first-order chi connectivity index (χ1) is 25.8. The van der Waals surface area contributed by atoms with E-state index in [2.05, 4.69) is 190 Å². The molecule has 1 nitrogen and oxygen atoms in total. The van der Waals surface area contributed by atoms with Gasteiger partial charge in [-0.3, -0.25) is 0 Å². The number of fused-ring (bicyclic) bond motifs is 12. The summed E-state index contributed by atoms with van der Waals surface area (Å²) >= 11 is 0. The summed E-state index contributed by atoms with van der Waals surface area (Å²) < 4.78 is 0. The van der Waals surface area contributed by atoms with Crippen LogP contribution in [0.1, 0.15) is 61.1 Å². The number of anilines is 2. The highest BCUT2D eigenvalue weighted by Gasteiger charge is 2.39. The molecule has 0 amide bonds. The van der Waals surface area contributed by atoms with Crippen LogP contribution in [0.5, 0.6) is 0 Å².